The van der Waals surface area contributed by atoms with Gasteiger partial charge in [0.05, 0.1) is 12.5 Å². The van der Waals surface area contributed by atoms with Crippen molar-refractivity contribution < 1.29 is 9.59 Å². The number of hydrogen-bond acceptors (Lipinski definition) is 4. The summed E-state index contributed by atoms with van der Waals surface area (Å²) in [5, 5.41) is 4.13. The second kappa shape index (κ2) is 7.08. The van der Waals surface area contributed by atoms with E-state index < -0.39 is 0 Å². The molecule has 23 heavy (non-hydrogen) atoms. The molecule has 0 bridgehead atoms. The fourth-order valence-corrected chi connectivity index (χ4v) is 2.38. The van der Waals surface area contributed by atoms with Crippen LogP contribution in [0.15, 0.2) is 18.7 Å². The summed E-state index contributed by atoms with van der Waals surface area (Å²) in [6, 6.07) is 0. The van der Waals surface area contributed by atoms with Gasteiger partial charge in [0.25, 0.3) is 5.91 Å². The molecule has 8 heteroatoms. The SMILES string of the molecule is CN(CCCc1cnn(C)c1)C(=O)c1c(N(C)C=O)ncn1C. The first-order valence-electron chi connectivity index (χ1n) is 7.36. The van der Waals surface area contributed by atoms with Crippen molar-refractivity contribution in [1.82, 2.24) is 24.2 Å². The number of carbonyl (C=O) groups excluding carboxylic acids is 2. The average molecular weight is 318 g/mol. The molecule has 0 saturated carbocycles. The molecule has 8 nitrogen and oxygen atoms in total. The van der Waals surface area contributed by atoms with Crippen LogP contribution in [0.3, 0.4) is 0 Å². The second-order valence-corrected chi connectivity index (χ2v) is 5.60. The van der Waals surface area contributed by atoms with E-state index in [-0.39, 0.29) is 5.91 Å². The Bertz CT molecular complexity index is 690. The Hall–Kier alpha value is -2.64. The van der Waals surface area contributed by atoms with Gasteiger partial charge in [-0.05, 0) is 18.4 Å². The van der Waals surface area contributed by atoms with Gasteiger partial charge in [0.1, 0.15) is 0 Å². The van der Waals surface area contributed by atoms with E-state index in [1.807, 2.05) is 19.4 Å². The maximum atomic E-state index is 12.6. The minimum Gasteiger partial charge on any atom is -0.340 e. The number of aryl methyl sites for hydroxylation is 3. The van der Waals surface area contributed by atoms with Crippen molar-refractivity contribution in [1.29, 1.82) is 0 Å². The van der Waals surface area contributed by atoms with Crippen molar-refractivity contribution in [2.45, 2.75) is 12.8 Å². The fraction of sp³-hybridized carbons (Fsp3) is 0.467. The first kappa shape index (κ1) is 16.7. The second-order valence-electron chi connectivity index (χ2n) is 5.60. The molecule has 2 heterocycles. The largest absolute Gasteiger partial charge is 0.340 e. The number of hydrogen-bond donors (Lipinski definition) is 0. The number of amides is 2. The third-order valence-corrected chi connectivity index (χ3v) is 3.68. The molecule has 0 aromatic carbocycles. The lowest BCUT2D eigenvalue weighted by Crippen LogP contribution is -2.31. The van der Waals surface area contributed by atoms with Crippen LogP contribution in [-0.2, 0) is 25.3 Å². The predicted molar refractivity (Wildman–Crippen MR) is 86.2 cm³/mol. The van der Waals surface area contributed by atoms with Gasteiger partial charge in [0.15, 0.2) is 11.5 Å². The van der Waals surface area contributed by atoms with E-state index in [0.717, 1.165) is 18.4 Å². The van der Waals surface area contributed by atoms with Gasteiger partial charge in [-0.1, -0.05) is 0 Å². The molecule has 2 aromatic rings. The summed E-state index contributed by atoms with van der Waals surface area (Å²) in [5.41, 5.74) is 1.55. The number of anilines is 1. The van der Waals surface area contributed by atoms with E-state index >= 15 is 0 Å². The molecule has 2 rings (SSSR count). The smallest absolute Gasteiger partial charge is 0.274 e. The number of nitrogens with zero attached hydrogens (tertiary/aromatic N) is 6. The van der Waals surface area contributed by atoms with Crippen molar-refractivity contribution in [3.8, 4) is 0 Å². The summed E-state index contributed by atoms with van der Waals surface area (Å²) in [6.07, 6.45) is 7.68. The zero-order valence-corrected chi connectivity index (χ0v) is 13.9. The topological polar surface area (TPSA) is 76.3 Å². The maximum absolute atomic E-state index is 12.6. The minimum atomic E-state index is -0.153. The van der Waals surface area contributed by atoms with Gasteiger partial charge in [-0.2, -0.15) is 5.10 Å². The molecule has 0 unspecified atom stereocenters. The van der Waals surface area contributed by atoms with Crippen LogP contribution in [-0.4, -0.2) is 57.2 Å². The highest BCUT2D eigenvalue weighted by Gasteiger charge is 2.22. The molecule has 124 valence electrons. The van der Waals surface area contributed by atoms with Crippen LogP contribution < -0.4 is 4.90 Å². The summed E-state index contributed by atoms with van der Waals surface area (Å²) < 4.78 is 3.40. The molecule has 0 spiro atoms. The van der Waals surface area contributed by atoms with E-state index in [4.69, 9.17) is 0 Å². The van der Waals surface area contributed by atoms with Crippen LogP contribution in [0.5, 0.6) is 0 Å². The first-order valence-corrected chi connectivity index (χ1v) is 7.36. The van der Waals surface area contributed by atoms with E-state index in [9.17, 15) is 9.59 Å². The quantitative estimate of drug-likeness (QED) is 0.695. The normalized spacial score (nSPS) is 10.6. The molecule has 2 amide bonds. The predicted octanol–water partition coefficient (Wildman–Crippen LogP) is 0.451. The van der Waals surface area contributed by atoms with Crippen LogP contribution in [0, 0.1) is 0 Å². The van der Waals surface area contributed by atoms with Gasteiger partial charge >= 0.3 is 0 Å². The van der Waals surface area contributed by atoms with Crippen molar-refractivity contribution in [3.05, 3.63) is 30.0 Å². The Labute approximate surface area is 135 Å². The van der Waals surface area contributed by atoms with Crippen LogP contribution in [0.4, 0.5) is 5.82 Å². The Morgan fingerprint density at radius 1 is 1.35 bits per heavy atom. The molecular formula is C15H22N6O2. The zero-order valence-electron chi connectivity index (χ0n) is 13.9. The molecule has 0 saturated heterocycles. The van der Waals surface area contributed by atoms with E-state index in [1.165, 1.54) is 11.2 Å². The highest BCUT2D eigenvalue weighted by molar-refractivity contribution is 5.99. The van der Waals surface area contributed by atoms with Crippen molar-refractivity contribution >= 4 is 18.1 Å². The number of aromatic nitrogens is 4. The molecule has 0 aliphatic heterocycles. The fourth-order valence-electron chi connectivity index (χ4n) is 2.38. The van der Waals surface area contributed by atoms with Crippen LogP contribution in [0.1, 0.15) is 22.5 Å². The van der Waals surface area contributed by atoms with Crippen LogP contribution in [0.25, 0.3) is 0 Å². The zero-order chi connectivity index (χ0) is 17.0. The summed E-state index contributed by atoms with van der Waals surface area (Å²) in [5.74, 6) is 0.214. The monoisotopic (exact) mass is 318 g/mol. The lowest BCUT2D eigenvalue weighted by atomic mass is 10.2. The van der Waals surface area contributed by atoms with Gasteiger partial charge in [-0.25, -0.2) is 4.98 Å². The number of imidazole rings is 1. The lowest BCUT2D eigenvalue weighted by molar-refractivity contribution is -0.107. The molecule has 0 aliphatic rings. The summed E-state index contributed by atoms with van der Waals surface area (Å²) >= 11 is 0. The minimum absolute atomic E-state index is 0.153. The standard InChI is InChI=1S/C15H22N6O2/c1-18(7-5-6-12-8-17-21(4)9-12)15(23)13-14(20(3)11-22)16-10-19(13)2/h8-11H,5-7H2,1-4H3. The molecule has 0 atom stereocenters. The van der Waals surface area contributed by atoms with E-state index in [1.54, 1.807) is 35.3 Å². The van der Waals surface area contributed by atoms with Gasteiger partial charge in [-0.15, -0.1) is 0 Å². The van der Waals surface area contributed by atoms with Crippen LogP contribution in [0.2, 0.25) is 0 Å². The summed E-state index contributed by atoms with van der Waals surface area (Å²) in [6.45, 7) is 0.614. The molecule has 0 radical (unpaired) electrons. The molecule has 2 aromatic heterocycles. The Kier molecular flexibility index (Phi) is 5.15. The molecule has 0 aliphatic carbocycles. The van der Waals surface area contributed by atoms with E-state index in [2.05, 4.69) is 10.1 Å². The summed E-state index contributed by atoms with van der Waals surface area (Å²) in [4.78, 5) is 30.6. The number of rotatable bonds is 7. The Morgan fingerprint density at radius 2 is 2.09 bits per heavy atom. The maximum Gasteiger partial charge on any atom is 0.274 e. The first-order chi connectivity index (χ1) is 10.9. The van der Waals surface area contributed by atoms with Gasteiger partial charge in [0.2, 0.25) is 6.41 Å². The molecule has 0 fully saturated rings. The van der Waals surface area contributed by atoms with Gasteiger partial charge in [-0.3, -0.25) is 14.3 Å². The van der Waals surface area contributed by atoms with E-state index in [0.29, 0.717) is 24.5 Å². The molecule has 0 N–H and O–H groups in total. The van der Waals surface area contributed by atoms with Crippen LogP contribution >= 0.6 is 0 Å². The Morgan fingerprint density at radius 3 is 2.70 bits per heavy atom. The number of carbonyl (C=O) groups is 2. The van der Waals surface area contributed by atoms with Crippen molar-refractivity contribution in [2.75, 3.05) is 25.5 Å². The molecular weight excluding hydrogens is 296 g/mol. The van der Waals surface area contributed by atoms with Gasteiger partial charge < -0.3 is 14.4 Å². The average Bonchev–Trinajstić information content (AvgIpc) is 3.11. The highest BCUT2D eigenvalue weighted by atomic mass is 16.2. The lowest BCUT2D eigenvalue weighted by Gasteiger charge is -2.19. The highest BCUT2D eigenvalue weighted by Crippen LogP contribution is 2.17. The van der Waals surface area contributed by atoms with Gasteiger partial charge in [0, 0.05) is 40.9 Å². The van der Waals surface area contributed by atoms with Crippen molar-refractivity contribution in [2.24, 2.45) is 14.1 Å². The third-order valence-electron chi connectivity index (χ3n) is 3.68. The summed E-state index contributed by atoms with van der Waals surface area (Å²) in [7, 11) is 6.95. The third kappa shape index (κ3) is 3.77. The Balaban J connectivity index is 1.99. The van der Waals surface area contributed by atoms with Crippen molar-refractivity contribution in [3.63, 3.8) is 0 Å².